The summed E-state index contributed by atoms with van der Waals surface area (Å²) in [7, 11) is 0. The molecule has 0 aromatic heterocycles. The summed E-state index contributed by atoms with van der Waals surface area (Å²) in [5, 5.41) is 0. The van der Waals surface area contributed by atoms with Crippen LogP contribution in [-0.4, -0.2) is 0 Å². The minimum absolute atomic E-state index is 0.550. The van der Waals surface area contributed by atoms with Crippen LogP contribution in [0.3, 0.4) is 0 Å². The van der Waals surface area contributed by atoms with E-state index in [-0.39, 0.29) is 0 Å². The summed E-state index contributed by atoms with van der Waals surface area (Å²) in [5.41, 5.74) is 1.07. The highest BCUT2D eigenvalue weighted by Crippen LogP contribution is 2.17. The second kappa shape index (κ2) is 4.35. The van der Waals surface area contributed by atoms with Crippen molar-refractivity contribution in [3.8, 4) is 0 Å². The number of hydrogen-bond acceptors (Lipinski definition) is 0. The topological polar surface area (TPSA) is 0 Å². The Morgan fingerprint density at radius 2 is 2.45 bits per heavy atom. The Morgan fingerprint density at radius 1 is 1.64 bits per heavy atom. The third kappa shape index (κ3) is 2.51. The van der Waals surface area contributed by atoms with Gasteiger partial charge >= 0.3 is 0 Å². The molecule has 0 atom stereocenters. The van der Waals surface area contributed by atoms with Crippen molar-refractivity contribution in [2.45, 2.75) is 13.3 Å². The molecule has 0 radical (unpaired) electrons. The van der Waals surface area contributed by atoms with E-state index >= 15 is 0 Å². The molecule has 0 fully saturated rings. The molecule has 1 aromatic rings. The molecule has 1 heteroatoms. The minimum Gasteiger partial charge on any atom is -0.0842 e. The first-order chi connectivity index (χ1) is 5.74. The maximum Gasteiger partial charge on any atom is 0.0623 e. The van der Waals surface area contributed by atoms with Crippen LogP contribution in [0.4, 0.5) is 0 Å². The lowest BCUT2D eigenvalue weighted by atomic mass is 10.2. The average molecular weight is 212 g/mol. The summed E-state index contributed by atoms with van der Waals surface area (Å²) >= 11 is 3.43. The molecule has 0 bridgehead atoms. The Hall–Kier alpha value is -0.560. The van der Waals surface area contributed by atoms with E-state index in [9.17, 15) is 0 Å². The van der Waals surface area contributed by atoms with E-state index in [4.69, 9.17) is 1.37 Å². The summed E-state index contributed by atoms with van der Waals surface area (Å²) in [6.45, 7) is 2.09. The van der Waals surface area contributed by atoms with Gasteiger partial charge in [-0.1, -0.05) is 53.2 Å². The molecule has 58 valence electrons. The second-order valence-electron chi connectivity index (χ2n) is 2.26. The van der Waals surface area contributed by atoms with Gasteiger partial charge in [0.1, 0.15) is 0 Å². The van der Waals surface area contributed by atoms with Gasteiger partial charge in [-0.25, -0.2) is 0 Å². The van der Waals surface area contributed by atoms with E-state index in [1.165, 1.54) is 0 Å². The van der Waals surface area contributed by atoms with Gasteiger partial charge < -0.3 is 0 Å². The second-order valence-corrected chi connectivity index (χ2v) is 3.11. The molecule has 0 saturated carbocycles. The highest BCUT2D eigenvalue weighted by molar-refractivity contribution is 9.10. The lowest BCUT2D eigenvalue weighted by Gasteiger charge is -1.95. The number of rotatable bonds is 2. The third-order valence-corrected chi connectivity index (χ3v) is 2.10. The fourth-order valence-corrected chi connectivity index (χ4v) is 1.18. The zero-order valence-corrected chi connectivity index (χ0v) is 8.06. The van der Waals surface area contributed by atoms with Gasteiger partial charge in [-0.2, -0.15) is 0 Å². The first-order valence-electron chi connectivity index (χ1n) is 4.16. The predicted molar refractivity (Wildman–Crippen MR) is 53.5 cm³/mol. The van der Waals surface area contributed by atoms with Crippen molar-refractivity contribution in [3.63, 3.8) is 0 Å². The Balaban J connectivity index is 2.97. The fraction of sp³-hybridized carbons (Fsp3) is 0.200. The smallest absolute Gasteiger partial charge is 0.0623 e. The Bertz CT molecular complexity index is 292. The van der Waals surface area contributed by atoms with E-state index < -0.39 is 0 Å². The van der Waals surface area contributed by atoms with E-state index in [1.807, 2.05) is 18.2 Å². The van der Waals surface area contributed by atoms with Crippen LogP contribution in [0.2, 0.25) is 0 Å². The molecule has 0 aliphatic heterocycles. The Kier molecular flexibility index (Phi) is 2.81. The van der Waals surface area contributed by atoms with Crippen LogP contribution in [0.5, 0.6) is 0 Å². The van der Waals surface area contributed by atoms with Gasteiger partial charge in [0.2, 0.25) is 0 Å². The number of allylic oxidation sites excluding steroid dienone is 1. The van der Waals surface area contributed by atoms with Crippen LogP contribution in [0.15, 0.2) is 34.8 Å². The monoisotopic (exact) mass is 211 g/mol. The van der Waals surface area contributed by atoms with Gasteiger partial charge in [0.15, 0.2) is 0 Å². The molecule has 0 N–H and O–H groups in total. The molecule has 0 spiro atoms. The highest BCUT2D eigenvalue weighted by Gasteiger charge is 1.90. The first-order valence-corrected chi connectivity index (χ1v) is 4.46. The van der Waals surface area contributed by atoms with Crippen molar-refractivity contribution in [1.82, 2.24) is 0 Å². The van der Waals surface area contributed by atoms with Crippen LogP contribution < -0.4 is 0 Å². The van der Waals surface area contributed by atoms with E-state index in [2.05, 4.69) is 28.9 Å². The minimum atomic E-state index is 0.550. The molecule has 0 aliphatic carbocycles. The van der Waals surface area contributed by atoms with Crippen molar-refractivity contribution in [2.24, 2.45) is 0 Å². The van der Waals surface area contributed by atoms with Crippen LogP contribution in [-0.2, 0) is 0 Å². The first kappa shape index (κ1) is 7.11. The van der Waals surface area contributed by atoms with Gasteiger partial charge in [0.05, 0.1) is 1.37 Å². The van der Waals surface area contributed by atoms with E-state index in [0.717, 1.165) is 16.5 Å². The van der Waals surface area contributed by atoms with Gasteiger partial charge in [0, 0.05) is 4.47 Å². The summed E-state index contributed by atoms with van der Waals surface area (Å²) in [5.74, 6) is 0. The number of halogens is 1. The average Bonchev–Trinajstić information content (AvgIpc) is 2.07. The largest absolute Gasteiger partial charge is 0.0842 e. The van der Waals surface area contributed by atoms with E-state index in [0.29, 0.717) is 6.04 Å². The van der Waals surface area contributed by atoms with Crippen molar-refractivity contribution >= 4 is 22.0 Å². The molecule has 11 heavy (non-hydrogen) atoms. The zero-order chi connectivity index (χ0) is 8.97. The lowest BCUT2D eigenvalue weighted by molar-refractivity contribution is 1.23. The normalized spacial score (nSPS) is 12.0. The molecule has 0 unspecified atom stereocenters. The number of benzene rings is 1. The summed E-state index contributed by atoms with van der Waals surface area (Å²) in [6, 6.07) is 6.07. The third-order valence-electron chi connectivity index (χ3n) is 1.37. The fourth-order valence-electron chi connectivity index (χ4n) is 0.797. The molecular formula is C10H11Br. The van der Waals surface area contributed by atoms with E-state index in [1.54, 1.807) is 6.07 Å². The Morgan fingerprint density at radius 3 is 3.18 bits per heavy atom. The lowest BCUT2D eigenvalue weighted by Crippen LogP contribution is -1.72. The predicted octanol–water partition coefficient (Wildman–Crippen LogP) is 3.87. The quantitative estimate of drug-likeness (QED) is 0.697. The summed E-state index contributed by atoms with van der Waals surface area (Å²) < 4.78 is 8.46. The van der Waals surface area contributed by atoms with Gasteiger partial charge in [0.25, 0.3) is 0 Å². The number of hydrogen-bond donors (Lipinski definition) is 0. The molecule has 0 aliphatic rings. The molecule has 0 saturated heterocycles. The molecule has 1 rings (SSSR count). The molecule has 0 heterocycles. The SMILES string of the molecule is [2H]c1ccc(Br)c(C=CCC)c1. The summed E-state index contributed by atoms with van der Waals surface area (Å²) in [4.78, 5) is 0. The van der Waals surface area contributed by atoms with Gasteiger partial charge in [-0.3, -0.25) is 0 Å². The maximum atomic E-state index is 7.41. The highest BCUT2D eigenvalue weighted by atomic mass is 79.9. The van der Waals surface area contributed by atoms with Crippen molar-refractivity contribution in [2.75, 3.05) is 0 Å². The van der Waals surface area contributed by atoms with Crippen LogP contribution in [0, 0.1) is 0 Å². The summed E-state index contributed by atoms with van der Waals surface area (Å²) in [6.07, 6.45) is 5.14. The Labute approximate surface area is 77.5 Å². The maximum absolute atomic E-state index is 7.41. The molecular weight excluding hydrogens is 200 g/mol. The van der Waals surface area contributed by atoms with Crippen molar-refractivity contribution in [1.29, 1.82) is 0 Å². The van der Waals surface area contributed by atoms with Gasteiger partial charge in [-0.05, 0) is 18.1 Å². The van der Waals surface area contributed by atoms with Crippen LogP contribution in [0.25, 0.3) is 6.08 Å². The standard InChI is InChI=1S/C10H11Br/c1-2-3-6-9-7-4-5-8-10(9)11/h3-8H,2H2,1H3/i4D. The molecule has 1 aromatic carbocycles. The van der Waals surface area contributed by atoms with Crippen LogP contribution in [0.1, 0.15) is 20.3 Å². The van der Waals surface area contributed by atoms with Crippen molar-refractivity contribution in [3.05, 3.63) is 40.4 Å². The van der Waals surface area contributed by atoms with Crippen LogP contribution >= 0.6 is 15.9 Å². The zero-order valence-electron chi connectivity index (χ0n) is 7.47. The van der Waals surface area contributed by atoms with Gasteiger partial charge in [-0.15, -0.1) is 0 Å². The molecule has 0 nitrogen and oxygen atoms in total. The van der Waals surface area contributed by atoms with Crippen molar-refractivity contribution < 1.29 is 1.37 Å². The molecule has 0 amide bonds.